The fourth-order valence-electron chi connectivity index (χ4n) is 3.00. The van der Waals surface area contributed by atoms with Gasteiger partial charge in [0.15, 0.2) is 0 Å². The van der Waals surface area contributed by atoms with Crippen molar-refractivity contribution in [2.45, 2.75) is 45.6 Å². The first-order valence-corrected chi connectivity index (χ1v) is 6.75. The van der Waals surface area contributed by atoms with Crippen LogP contribution >= 0.6 is 0 Å². The highest BCUT2D eigenvalue weighted by Crippen LogP contribution is 2.38. The van der Waals surface area contributed by atoms with E-state index in [9.17, 15) is 5.11 Å². The van der Waals surface area contributed by atoms with Crippen LogP contribution in [0.5, 0.6) is 0 Å². The molecule has 1 saturated carbocycles. The summed E-state index contributed by atoms with van der Waals surface area (Å²) in [5, 5.41) is 10.4. The lowest BCUT2D eigenvalue weighted by Gasteiger charge is -2.33. The molecule has 0 spiro atoms. The van der Waals surface area contributed by atoms with Crippen molar-refractivity contribution in [1.29, 1.82) is 0 Å². The lowest BCUT2D eigenvalue weighted by molar-refractivity contribution is 0.0583. The van der Waals surface area contributed by atoms with Gasteiger partial charge in [0, 0.05) is 19.4 Å². The second-order valence-corrected chi connectivity index (χ2v) is 5.76. The summed E-state index contributed by atoms with van der Waals surface area (Å²) in [7, 11) is 1.95. The minimum absolute atomic E-state index is 0.386. The van der Waals surface area contributed by atoms with Crippen molar-refractivity contribution in [3.05, 3.63) is 18.2 Å². The van der Waals surface area contributed by atoms with E-state index in [4.69, 9.17) is 0 Å². The third-order valence-electron chi connectivity index (χ3n) is 4.33. The Kier molecular flexibility index (Phi) is 3.87. The smallest absolute Gasteiger partial charge is 0.137 e. The molecule has 1 heterocycles. The summed E-state index contributed by atoms with van der Waals surface area (Å²) in [6.07, 6.45) is 8.06. The molecule has 0 aliphatic heterocycles. The van der Waals surface area contributed by atoms with Gasteiger partial charge in [-0.2, -0.15) is 0 Å². The summed E-state index contributed by atoms with van der Waals surface area (Å²) in [6, 6.07) is 0. The quantitative estimate of drug-likeness (QED) is 0.876. The van der Waals surface area contributed by atoms with Crippen LogP contribution < -0.4 is 0 Å². The van der Waals surface area contributed by atoms with Gasteiger partial charge in [-0.3, -0.25) is 0 Å². The third kappa shape index (κ3) is 2.71. The normalized spacial score (nSPS) is 27.4. The molecule has 1 aromatic rings. The molecule has 1 aliphatic rings. The third-order valence-corrected chi connectivity index (χ3v) is 4.33. The SMILES string of the molecule is CC(C)C1CCC(C(O)c2nccn2C)CC1. The fraction of sp³-hybridized carbons (Fsp3) is 0.786. The van der Waals surface area contributed by atoms with E-state index in [1.54, 1.807) is 6.20 Å². The van der Waals surface area contributed by atoms with E-state index in [1.165, 1.54) is 12.8 Å². The number of aromatic nitrogens is 2. The van der Waals surface area contributed by atoms with Crippen molar-refractivity contribution in [3.8, 4) is 0 Å². The second-order valence-electron chi connectivity index (χ2n) is 5.76. The van der Waals surface area contributed by atoms with E-state index in [0.29, 0.717) is 5.92 Å². The minimum atomic E-state index is -0.386. The molecule has 0 amide bonds. The monoisotopic (exact) mass is 236 g/mol. The topological polar surface area (TPSA) is 38.1 Å². The highest BCUT2D eigenvalue weighted by molar-refractivity contribution is 4.98. The molecule has 0 saturated heterocycles. The van der Waals surface area contributed by atoms with Gasteiger partial charge < -0.3 is 9.67 Å². The maximum absolute atomic E-state index is 10.4. The Bertz CT molecular complexity index is 351. The van der Waals surface area contributed by atoms with Crippen LogP contribution in [0.1, 0.15) is 51.5 Å². The number of aliphatic hydroxyl groups is 1. The van der Waals surface area contributed by atoms with Crippen LogP contribution in [0, 0.1) is 17.8 Å². The van der Waals surface area contributed by atoms with Crippen LogP contribution in [0.3, 0.4) is 0 Å². The molecule has 1 unspecified atom stereocenters. The molecule has 0 radical (unpaired) electrons. The van der Waals surface area contributed by atoms with E-state index in [0.717, 1.165) is 30.5 Å². The Labute approximate surface area is 104 Å². The van der Waals surface area contributed by atoms with Crippen molar-refractivity contribution in [3.63, 3.8) is 0 Å². The van der Waals surface area contributed by atoms with Gasteiger partial charge in [-0.05, 0) is 43.4 Å². The van der Waals surface area contributed by atoms with Crippen LogP contribution in [-0.4, -0.2) is 14.7 Å². The molecule has 96 valence electrons. The van der Waals surface area contributed by atoms with Crippen molar-refractivity contribution >= 4 is 0 Å². The fourth-order valence-corrected chi connectivity index (χ4v) is 3.00. The van der Waals surface area contributed by atoms with Crippen molar-refractivity contribution in [2.75, 3.05) is 0 Å². The average molecular weight is 236 g/mol. The van der Waals surface area contributed by atoms with Gasteiger partial charge in [-0.15, -0.1) is 0 Å². The number of rotatable bonds is 3. The van der Waals surface area contributed by atoms with Crippen molar-refractivity contribution < 1.29 is 5.11 Å². The highest BCUT2D eigenvalue weighted by atomic mass is 16.3. The number of aliphatic hydroxyl groups excluding tert-OH is 1. The number of aryl methyl sites for hydroxylation is 1. The first-order valence-electron chi connectivity index (χ1n) is 6.75. The zero-order valence-electron chi connectivity index (χ0n) is 11.1. The summed E-state index contributed by atoms with van der Waals surface area (Å²) in [5.41, 5.74) is 0. The molecule has 17 heavy (non-hydrogen) atoms. The maximum Gasteiger partial charge on any atom is 0.137 e. The highest BCUT2D eigenvalue weighted by Gasteiger charge is 2.30. The van der Waals surface area contributed by atoms with Crippen LogP contribution in [0.15, 0.2) is 12.4 Å². The molecule has 2 rings (SSSR count). The molecular formula is C14H24N2O. The number of nitrogens with zero attached hydrogens (tertiary/aromatic N) is 2. The molecule has 1 N–H and O–H groups in total. The first kappa shape index (κ1) is 12.6. The molecule has 1 aromatic heterocycles. The van der Waals surface area contributed by atoms with Crippen molar-refractivity contribution in [1.82, 2.24) is 9.55 Å². The average Bonchev–Trinajstić information content (AvgIpc) is 2.74. The summed E-state index contributed by atoms with van der Waals surface area (Å²) < 4.78 is 1.93. The van der Waals surface area contributed by atoms with E-state index in [2.05, 4.69) is 18.8 Å². The Morgan fingerprint density at radius 3 is 2.29 bits per heavy atom. The zero-order chi connectivity index (χ0) is 12.4. The summed E-state index contributed by atoms with van der Waals surface area (Å²) in [4.78, 5) is 4.26. The molecule has 3 heteroatoms. The molecule has 1 atom stereocenters. The molecule has 3 nitrogen and oxygen atoms in total. The van der Waals surface area contributed by atoms with E-state index >= 15 is 0 Å². The summed E-state index contributed by atoms with van der Waals surface area (Å²) in [6.45, 7) is 4.61. The Morgan fingerprint density at radius 1 is 1.24 bits per heavy atom. The Morgan fingerprint density at radius 2 is 1.82 bits per heavy atom. The standard InChI is InChI=1S/C14H24N2O/c1-10(2)11-4-6-12(7-5-11)13(17)14-15-8-9-16(14)3/h8-13,17H,4-7H2,1-3H3. The maximum atomic E-state index is 10.4. The predicted molar refractivity (Wildman–Crippen MR) is 68.5 cm³/mol. The Hall–Kier alpha value is -0.830. The largest absolute Gasteiger partial charge is 0.385 e. The first-order chi connectivity index (χ1) is 8.09. The Balaban J connectivity index is 1.95. The summed E-state index contributed by atoms with van der Waals surface area (Å²) >= 11 is 0. The van der Waals surface area contributed by atoms with Crippen LogP contribution in [0.2, 0.25) is 0 Å². The van der Waals surface area contributed by atoms with E-state index in [1.807, 2.05) is 17.8 Å². The number of hydrogen-bond donors (Lipinski definition) is 1. The van der Waals surface area contributed by atoms with Crippen LogP contribution in [0.25, 0.3) is 0 Å². The lowest BCUT2D eigenvalue weighted by Crippen LogP contribution is -2.24. The second kappa shape index (κ2) is 5.21. The molecular weight excluding hydrogens is 212 g/mol. The van der Waals surface area contributed by atoms with Crippen LogP contribution in [-0.2, 0) is 7.05 Å². The molecule has 1 fully saturated rings. The predicted octanol–water partition coefficient (Wildman–Crippen LogP) is 2.92. The van der Waals surface area contributed by atoms with Crippen LogP contribution in [0.4, 0.5) is 0 Å². The molecule has 1 aliphatic carbocycles. The lowest BCUT2D eigenvalue weighted by atomic mass is 9.75. The number of imidazole rings is 1. The van der Waals surface area contributed by atoms with Gasteiger partial charge in [0.1, 0.15) is 11.9 Å². The van der Waals surface area contributed by atoms with Gasteiger partial charge in [0.05, 0.1) is 0 Å². The van der Waals surface area contributed by atoms with E-state index in [-0.39, 0.29) is 6.10 Å². The van der Waals surface area contributed by atoms with Crippen molar-refractivity contribution in [2.24, 2.45) is 24.8 Å². The number of hydrogen-bond acceptors (Lipinski definition) is 2. The van der Waals surface area contributed by atoms with Gasteiger partial charge in [-0.1, -0.05) is 13.8 Å². The summed E-state index contributed by atoms with van der Waals surface area (Å²) in [5.74, 6) is 2.84. The minimum Gasteiger partial charge on any atom is -0.385 e. The van der Waals surface area contributed by atoms with Gasteiger partial charge in [0.2, 0.25) is 0 Å². The van der Waals surface area contributed by atoms with Gasteiger partial charge in [-0.25, -0.2) is 4.98 Å². The molecule has 0 bridgehead atoms. The molecule has 0 aromatic carbocycles. The van der Waals surface area contributed by atoms with Gasteiger partial charge in [0.25, 0.3) is 0 Å². The van der Waals surface area contributed by atoms with Gasteiger partial charge >= 0.3 is 0 Å². The van der Waals surface area contributed by atoms with E-state index < -0.39 is 0 Å². The zero-order valence-corrected chi connectivity index (χ0v) is 11.1.